The maximum atomic E-state index is 10.9. The van der Waals surface area contributed by atoms with Crippen molar-refractivity contribution >= 4 is 11.0 Å². The summed E-state index contributed by atoms with van der Waals surface area (Å²) in [5, 5.41) is 101. The Labute approximate surface area is 230 Å². The summed E-state index contributed by atoms with van der Waals surface area (Å²) in [5.41, 5.74) is 0.139. The molecule has 2 aliphatic rings. The summed E-state index contributed by atoms with van der Waals surface area (Å²) >= 11 is 0. The second-order valence-electron chi connectivity index (χ2n) is 9.70. The zero-order valence-corrected chi connectivity index (χ0v) is 21.1. The minimum absolute atomic E-state index is 0.00950. The lowest BCUT2D eigenvalue weighted by molar-refractivity contribution is -0.344. The van der Waals surface area contributed by atoms with Crippen molar-refractivity contribution in [3.05, 3.63) is 36.4 Å². The van der Waals surface area contributed by atoms with Crippen LogP contribution in [0.5, 0.6) is 28.7 Å². The maximum absolute atomic E-state index is 10.9. The zero-order chi connectivity index (χ0) is 29.6. The lowest BCUT2D eigenvalue weighted by atomic mass is 9.98. The molecule has 15 heteroatoms. The van der Waals surface area contributed by atoms with Gasteiger partial charge in [0.1, 0.15) is 53.5 Å². The van der Waals surface area contributed by atoms with Gasteiger partial charge in [-0.1, -0.05) is 0 Å². The van der Waals surface area contributed by atoms with Gasteiger partial charge in [0.2, 0.25) is 12.0 Å². The van der Waals surface area contributed by atoms with Crippen LogP contribution in [0.3, 0.4) is 0 Å². The number of fused-ring (bicyclic) bond motifs is 1. The molecule has 41 heavy (non-hydrogen) atoms. The van der Waals surface area contributed by atoms with E-state index in [9.17, 15) is 51.1 Å². The molecule has 10 N–H and O–H groups in total. The molecule has 0 radical (unpaired) electrons. The molecular formula is C26H29O15+. The summed E-state index contributed by atoms with van der Waals surface area (Å²) in [4.78, 5) is 0. The van der Waals surface area contributed by atoms with E-state index in [-0.39, 0.29) is 33.8 Å². The van der Waals surface area contributed by atoms with Gasteiger partial charge < -0.3 is 70.0 Å². The summed E-state index contributed by atoms with van der Waals surface area (Å²) in [6.45, 7) is -1.18. The van der Waals surface area contributed by atoms with E-state index in [2.05, 4.69) is 0 Å². The van der Waals surface area contributed by atoms with Crippen molar-refractivity contribution in [1.82, 2.24) is 0 Å². The van der Waals surface area contributed by atoms with Crippen LogP contribution in [0.15, 0.2) is 40.8 Å². The second kappa shape index (κ2) is 11.4. The maximum Gasteiger partial charge on any atom is 0.402 e. The lowest BCUT2D eigenvalue weighted by Crippen LogP contribution is -2.63. The SMILES string of the molecule is OC[C@H]1O[C@@H](Oc2cc3c(O)cc(O)cc3[o+]c2-c2ccc(O)c(O)c2)[C@H](O[C@@H]2OC[C@H](O)[C@H](O)[C@H]2O)[C@@H](O)[C@@H]1O. The molecule has 5 rings (SSSR count). The van der Waals surface area contributed by atoms with E-state index in [1.807, 2.05) is 0 Å². The first kappa shape index (κ1) is 29.0. The molecule has 0 saturated carbocycles. The molecule has 0 amide bonds. The van der Waals surface area contributed by atoms with Crippen LogP contribution < -0.4 is 4.74 Å². The molecule has 222 valence electrons. The Hall–Kier alpha value is -3.51. The molecule has 0 spiro atoms. The highest BCUT2D eigenvalue weighted by Crippen LogP contribution is 2.42. The molecule has 9 atom stereocenters. The first-order valence-corrected chi connectivity index (χ1v) is 12.4. The molecule has 15 nitrogen and oxygen atoms in total. The third kappa shape index (κ3) is 5.54. The molecule has 0 aliphatic carbocycles. The number of hydrogen-bond acceptors (Lipinski definition) is 14. The average molecular weight is 582 g/mol. The van der Waals surface area contributed by atoms with Crippen molar-refractivity contribution in [2.24, 2.45) is 0 Å². The Morgan fingerprint density at radius 2 is 1.56 bits per heavy atom. The first-order chi connectivity index (χ1) is 19.5. The highest BCUT2D eigenvalue weighted by molar-refractivity contribution is 5.88. The van der Waals surface area contributed by atoms with Gasteiger partial charge in [-0.05, 0) is 12.1 Å². The van der Waals surface area contributed by atoms with Gasteiger partial charge in [0, 0.05) is 18.2 Å². The van der Waals surface area contributed by atoms with Crippen LogP contribution in [-0.4, -0.2) is 120 Å². The van der Waals surface area contributed by atoms with Crippen molar-refractivity contribution in [2.75, 3.05) is 13.2 Å². The molecule has 2 saturated heterocycles. The fraction of sp³-hybridized carbons (Fsp3) is 0.423. The van der Waals surface area contributed by atoms with Crippen molar-refractivity contribution < 1.29 is 74.4 Å². The quantitative estimate of drug-likeness (QED) is 0.122. The summed E-state index contributed by atoms with van der Waals surface area (Å²) in [6.07, 6.45) is -14.6. The number of aliphatic hydroxyl groups excluding tert-OH is 6. The van der Waals surface area contributed by atoms with Gasteiger partial charge in [-0.2, -0.15) is 0 Å². The minimum Gasteiger partial charge on any atom is -0.507 e. The fourth-order valence-corrected chi connectivity index (χ4v) is 4.61. The average Bonchev–Trinajstić information content (AvgIpc) is 2.94. The van der Waals surface area contributed by atoms with E-state index in [0.29, 0.717) is 0 Å². The van der Waals surface area contributed by atoms with E-state index in [1.165, 1.54) is 24.3 Å². The predicted molar refractivity (Wildman–Crippen MR) is 134 cm³/mol. The van der Waals surface area contributed by atoms with Gasteiger partial charge in [-0.25, -0.2) is 4.42 Å². The number of benzene rings is 2. The van der Waals surface area contributed by atoms with Gasteiger partial charge in [0.25, 0.3) is 0 Å². The van der Waals surface area contributed by atoms with Crippen molar-refractivity contribution in [1.29, 1.82) is 0 Å². The molecule has 0 bridgehead atoms. The van der Waals surface area contributed by atoms with Gasteiger partial charge in [0.05, 0.1) is 24.8 Å². The van der Waals surface area contributed by atoms with Crippen LogP contribution in [0.2, 0.25) is 0 Å². The van der Waals surface area contributed by atoms with Crippen molar-refractivity contribution in [3.8, 4) is 40.1 Å². The predicted octanol–water partition coefficient (Wildman–Crippen LogP) is -1.15. The highest BCUT2D eigenvalue weighted by atomic mass is 16.8. The van der Waals surface area contributed by atoms with Crippen molar-refractivity contribution in [3.63, 3.8) is 0 Å². The fourth-order valence-electron chi connectivity index (χ4n) is 4.61. The number of rotatable bonds is 6. The molecule has 0 unspecified atom stereocenters. The normalized spacial score (nSPS) is 32.2. The Balaban J connectivity index is 1.57. The van der Waals surface area contributed by atoms with Gasteiger partial charge in [-0.15, -0.1) is 0 Å². The summed E-state index contributed by atoms with van der Waals surface area (Å²) in [7, 11) is 0. The molecule has 3 heterocycles. The Bertz CT molecular complexity index is 1400. The highest BCUT2D eigenvalue weighted by Gasteiger charge is 2.50. The van der Waals surface area contributed by atoms with Gasteiger partial charge in [0.15, 0.2) is 23.9 Å². The van der Waals surface area contributed by atoms with E-state index in [4.69, 9.17) is 23.4 Å². The Morgan fingerprint density at radius 3 is 2.27 bits per heavy atom. The first-order valence-electron chi connectivity index (χ1n) is 12.4. The summed E-state index contributed by atoms with van der Waals surface area (Å²) in [5.74, 6) is -1.98. The number of hydrogen-bond donors (Lipinski definition) is 10. The number of aliphatic hydroxyl groups is 6. The molecule has 3 aromatic rings. The van der Waals surface area contributed by atoms with Crippen LogP contribution in [0, 0.1) is 0 Å². The summed E-state index contributed by atoms with van der Waals surface area (Å²) in [6, 6.07) is 7.19. The zero-order valence-electron chi connectivity index (χ0n) is 21.1. The Kier molecular flexibility index (Phi) is 8.06. The topological polar surface area (TPSA) is 251 Å². The molecule has 2 aliphatic heterocycles. The van der Waals surface area contributed by atoms with E-state index < -0.39 is 85.8 Å². The molecule has 2 aromatic carbocycles. The smallest absolute Gasteiger partial charge is 0.402 e. The minimum atomic E-state index is -1.80. The summed E-state index contributed by atoms with van der Waals surface area (Å²) < 4.78 is 28.5. The van der Waals surface area contributed by atoms with Crippen LogP contribution in [-0.2, 0) is 14.2 Å². The number of phenolic OH excluding ortho intramolecular Hbond substituents is 4. The number of aromatic hydroxyl groups is 4. The van der Waals surface area contributed by atoms with E-state index in [1.54, 1.807) is 0 Å². The van der Waals surface area contributed by atoms with Gasteiger partial charge in [-0.3, -0.25) is 0 Å². The van der Waals surface area contributed by atoms with Crippen LogP contribution in [0.4, 0.5) is 0 Å². The van der Waals surface area contributed by atoms with E-state index >= 15 is 0 Å². The third-order valence-corrected chi connectivity index (χ3v) is 6.87. The standard InChI is InChI=1S/C26H28O15/c27-7-18-20(34)21(35)24(41-25-22(36)19(33)15(32)8-37-25)26(40-18)39-17-6-11-13(30)4-10(28)5-16(11)38-23(17)9-1-2-12(29)14(31)3-9/h1-6,15,18-22,24-27,32-36H,7-8H2,(H3-,28,29,30,31)/p+1/t15-,18+,19-,20+,21-,22+,24+,25-,26+/m0/s1. The molecule has 2 fully saturated rings. The third-order valence-electron chi connectivity index (χ3n) is 6.87. The lowest BCUT2D eigenvalue weighted by Gasteiger charge is -2.44. The second-order valence-corrected chi connectivity index (χ2v) is 9.70. The van der Waals surface area contributed by atoms with E-state index in [0.717, 1.165) is 12.1 Å². The van der Waals surface area contributed by atoms with Crippen LogP contribution in [0.1, 0.15) is 0 Å². The Morgan fingerprint density at radius 1 is 0.805 bits per heavy atom. The largest absolute Gasteiger partial charge is 0.507 e. The van der Waals surface area contributed by atoms with Gasteiger partial charge >= 0.3 is 11.3 Å². The number of phenols is 4. The number of ether oxygens (including phenoxy) is 4. The molecule has 1 aromatic heterocycles. The van der Waals surface area contributed by atoms with Crippen LogP contribution in [0.25, 0.3) is 22.3 Å². The monoisotopic (exact) mass is 581 g/mol. The molecular weight excluding hydrogens is 552 g/mol. The van der Waals surface area contributed by atoms with Crippen LogP contribution >= 0.6 is 0 Å². The van der Waals surface area contributed by atoms with Crippen molar-refractivity contribution in [2.45, 2.75) is 55.3 Å².